The Morgan fingerprint density at radius 1 is 1.50 bits per heavy atom. The molecule has 0 radical (unpaired) electrons. The number of hydrogen-bond acceptors (Lipinski definition) is 1. The van der Waals surface area contributed by atoms with Gasteiger partial charge < -0.3 is 4.74 Å². The van der Waals surface area contributed by atoms with Gasteiger partial charge >= 0.3 is 0 Å². The van der Waals surface area contributed by atoms with Gasteiger partial charge in [0.05, 0.1) is 11.6 Å². The molecule has 0 aromatic heterocycles. The van der Waals surface area contributed by atoms with Gasteiger partial charge in [0.2, 0.25) is 0 Å². The molecule has 1 unspecified atom stereocenters. The molecule has 1 nitrogen and oxygen atoms in total. The van der Waals surface area contributed by atoms with Gasteiger partial charge in [-0.3, -0.25) is 0 Å². The van der Waals surface area contributed by atoms with Crippen LogP contribution >= 0.6 is 27.5 Å². The molecular formula is C12H15BrClFO. The molecule has 0 aliphatic heterocycles. The van der Waals surface area contributed by atoms with Gasteiger partial charge in [-0.15, -0.1) is 0 Å². The van der Waals surface area contributed by atoms with Crippen molar-refractivity contribution in [1.29, 1.82) is 0 Å². The zero-order valence-electron chi connectivity index (χ0n) is 9.18. The number of alkyl halides is 1. The molecule has 1 atom stereocenters. The lowest BCUT2D eigenvalue weighted by atomic mass is 10.1. The molecule has 90 valence electrons. The van der Waals surface area contributed by atoms with E-state index >= 15 is 0 Å². The molecule has 0 aliphatic carbocycles. The van der Waals surface area contributed by atoms with Crippen molar-refractivity contribution < 1.29 is 9.13 Å². The van der Waals surface area contributed by atoms with Crippen LogP contribution in [0.1, 0.15) is 19.8 Å². The second kappa shape index (κ2) is 7.13. The first-order chi connectivity index (χ1) is 7.69. The van der Waals surface area contributed by atoms with E-state index in [1.165, 1.54) is 6.07 Å². The molecule has 0 aliphatic rings. The Hall–Kier alpha value is -0.280. The van der Waals surface area contributed by atoms with E-state index in [4.69, 9.17) is 16.3 Å². The topological polar surface area (TPSA) is 9.23 Å². The Kier molecular flexibility index (Phi) is 6.14. The van der Waals surface area contributed by atoms with Crippen LogP contribution in [0.4, 0.5) is 4.39 Å². The third-order valence-corrected chi connectivity index (χ3v) is 3.51. The number of hydrogen-bond donors (Lipinski definition) is 0. The first-order valence-electron chi connectivity index (χ1n) is 5.31. The Morgan fingerprint density at radius 2 is 2.25 bits per heavy atom. The predicted octanol–water partition coefficient (Wildman–Crippen LogP) is 4.67. The van der Waals surface area contributed by atoms with Crippen LogP contribution in [-0.2, 0) is 0 Å². The zero-order chi connectivity index (χ0) is 12.0. The molecule has 4 heteroatoms. The first-order valence-corrected chi connectivity index (χ1v) is 6.81. The molecule has 1 aromatic carbocycles. The maximum Gasteiger partial charge on any atom is 0.183 e. The fraction of sp³-hybridized carbons (Fsp3) is 0.500. The normalized spacial score (nSPS) is 12.5. The Labute approximate surface area is 109 Å². The summed E-state index contributed by atoms with van der Waals surface area (Å²) in [5, 5.41) is 0.964. The second-order valence-corrected chi connectivity index (χ2v) is 4.73. The predicted molar refractivity (Wildman–Crippen MR) is 69.1 cm³/mol. The number of rotatable bonds is 6. The van der Waals surface area contributed by atoms with E-state index in [0.29, 0.717) is 12.5 Å². The van der Waals surface area contributed by atoms with Gasteiger partial charge in [-0.25, -0.2) is 4.39 Å². The fourth-order valence-corrected chi connectivity index (χ4v) is 2.09. The van der Waals surface area contributed by atoms with Gasteiger partial charge in [-0.2, -0.15) is 0 Å². The quantitative estimate of drug-likeness (QED) is 0.694. The smallest absolute Gasteiger partial charge is 0.183 e. The minimum absolute atomic E-state index is 0.100. The van der Waals surface area contributed by atoms with Crippen molar-refractivity contribution in [2.75, 3.05) is 11.9 Å². The Morgan fingerprint density at radius 3 is 2.88 bits per heavy atom. The summed E-state index contributed by atoms with van der Waals surface area (Å²) in [5.74, 6) is 0.159. The highest BCUT2D eigenvalue weighted by Gasteiger charge is 2.11. The number of halogens is 3. The van der Waals surface area contributed by atoms with Crippen LogP contribution in [0.15, 0.2) is 18.2 Å². The molecule has 1 rings (SSSR count). The van der Waals surface area contributed by atoms with Gasteiger partial charge in [0.25, 0.3) is 0 Å². The monoisotopic (exact) mass is 308 g/mol. The van der Waals surface area contributed by atoms with Crippen LogP contribution in [0.3, 0.4) is 0 Å². The standard InChI is InChI=1S/C12H15BrClFO/c1-2-4-9(7-13)8-16-11-6-3-5-10(14)12(11)15/h3,5-6,9H,2,4,7-8H2,1H3. The summed E-state index contributed by atoms with van der Waals surface area (Å²) in [7, 11) is 0. The molecule has 0 spiro atoms. The highest BCUT2D eigenvalue weighted by molar-refractivity contribution is 9.09. The highest BCUT2D eigenvalue weighted by atomic mass is 79.9. The number of ether oxygens (including phenoxy) is 1. The van der Waals surface area contributed by atoms with Crippen molar-refractivity contribution in [3.8, 4) is 5.75 Å². The largest absolute Gasteiger partial charge is 0.490 e. The van der Waals surface area contributed by atoms with Crippen molar-refractivity contribution in [2.45, 2.75) is 19.8 Å². The molecule has 0 fully saturated rings. The number of benzene rings is 1. The van der Waals surface area contributed by atoms with Crippen LogP contribution in [0.25, 0.3) is 0 Å². The van der Waals surface area contributed by atoms with Gasteiger partial charge in [0.1, 0.15) is 0 Å². The molecule has 0 N–H and O–H groups in total. The first kappa shape index (κ1) is 13.8. The van der Waals surface area contributed by atoms with E-state index < -0.39 is 5.82 Å². The maximum absolute atomic E-state index is 13.5. The van der Waals surface area contributed by atoms with E-state index in [2.05, 4.69) is 22.9 Å². The summed E-state index contributed by atoms with van der Waals surface area (Å²) >= 11 is 9.08. The molecule has 0 saturated heterocycles. The van der Waals surface area contributed by atoms with Crippen LogP contribution in [0.2, 0.25) is 5.02 Å². The summed E-state index contributed by atoms with van der Waals surface area (Å²) in [5.41, 5.74) is 0. The molecule has 0 saturated carbocycles. The summed E-state index contributed by atoms with van der Waals surface area (Å²) in [4.78, 5) is 0. The highest BCUT2D eigenvalue weighted by Crippen LogP contribution is 2.25. The summed E-state index contributed by atoms with van der Waals surface area (Å²) in [6.45, 7) is 2.63. The summed E-state index contributed by atoms with van der Waals surface area (Å²) in [6, 6.07) is 4.79. The lowest BCUT2D eigenvalue weighted by Crippen LogP contribution is -2.13. The lowest BCUT2D eigenvalue weighted by Gasteiger charge is -2.14. The van der Waals surface area contributed by atoms with Gasteiger partial charge in [-0.1, -0.05) is 46.9 Å². The van der Waals surface area contributed by atoms with Crippen LogP contribution in [0.5, 0.6) is 5.75 Å². The average Bonchev–Trinajstić information content (AvgIpc) is 2.29. The van der Waals surface area contributed by atoms with Gasteiger partial charge in [-0.05, 0) is 18.6 Å². The molecule has 0 heterocycles. The minimum atomic E-state index is -0.478. The van der Waals surface area contributed by atoms with Crippen molar-refractivity contribution in [3.05, 3.63) is 29.0 Å². The van der Waals surface area contributed by atoms with Crippen LogP contribution < -0.4 is 4.74 Å². The Bertz CT molecular complexity index is 333. The molecule has 0 amide bonds. The van der Waals surface area contributed by atoms with Gasteiger partial charge in [0.15, 0.2) is 11.6 Å². The van der Waals surface area contributed by atoms with E-state index in [0.717, 1.165) is 18.2 Å². The third-order valence-electron chi connectivity index (χ3n) is 2.31. The molecule has 16 heavy (non-hydrogen) atoms. The lowest BCUT2D eigenvalue weighted by molar-refractivity contribution is 0.245. The molecular weight excluding hydrogens is 294 g/mol. The van der Waals surface area contributed by atoms with E-state index in [1.54, 1.807) is 12.1 Å². The van der Waals surface area contributed by atoms with Crippen LogP contribution in [0, 0.1) is 11.7 Å². The van der Waals surface area contributed by atoms with Crippen molar-refractivity contribution in [3.63, 3.8) is 0 Å². The SMILES string of the molecule is CCCC(CBr)COc1cccc(Cl)c1F. The van der Waals surface area contributed by atoms with Crippen molar-refractivity contribution in [1.82, 2.24) is 0 Å². The summed E-state index contributed by atoms with van der Waals surface area (Å²) in [6.07, 6.45) is 2.16. The van der Waals surface area contributed by atoms with Gasteiger partial charge in [0, 0.05) is 11.2 Å². The zero-order valence-corrected chi connectivity index (χ0v) is 11.5. The molecule has 0 bridgehead atoms. The van der Waals surface area contributed by atoms with E-state index in [1.807, 2.05) is 0 Å². The maximum atomic E-state index is 13.5. The van der Waals surface area contributed by atoms with E-state index in [9.17, 15) is 4.39 Å². The van der Waals surface area contributed by atoms with Crippen molar-refractivity contribution >= 4 is 27.5 Å². The molecule has 1 aromatic rings. The summed E-state index contributed by atoms with van der Waals surface area (Å²) < 4.78 is 18.9. The van der Waals surface area contributed by atoms with Crippen LogP contribution in [-0.4, -0.2) is 11.9 Å². The average molecular weight is 310 g/mol. The minimum Gasteiger partial charge on any atom is -0.490 e. The van der Waals surface area contributed by atoms with E-state index in [-0.39, 0.29) is 10.8 Å². The third kappa shape index (κ3) is 3.95. The Balaban J connectivity index is 2.56. The fourth-order valence-electron chi connectivity index (χ4n) is 1.42. The second-order valence-electron chi connectivity index (χ2n) is 3.67. The van der Waals surface area contributed by atoms with Crippen molar-refractivity contribution in [2.24, 2.45) is 5.92 Å².